The lowest BCUT2D eigenvalue weighted by Crippen LogP contribution is -2.13. The van der Waals surface area contributed by atoms with Gasteiger partial charge in [0.15, 0.2) is 15.5 Å². The van der Waals surface area contributed by atoms with Gasteiger partial charge in [0.2, 0.25) is 0 Å². The summed E-state index contributed by atoms with van der Waals surface area (Å²) in [6.07, 6.45) is 1.65. The number of aryl methyl sites for hydroxylation is 1. The summed E-state index contributed by atoms with van der Waals surface area (Å²) in [4.78, 5) is 18.1. The van der Waals surface area contributed by atoms with Crippen LogP contribution in [0.2, 0.25) is 0 Å². The van der Waals surface area contributed by atoms with Crippen molar-refractivity contribution in [2.45, 2.75) is 25.3 Å². The van der Waals surface area contributed by atoms with Gasteiger partial charge in [-0.1, -0.05) is 37.3 Å². The number of anilines is 1. The lowest BCUT2D eigenvalue weighted by atomic mass is 10.1. The van der Waals surface area contributed by atoms with Crippen LogP contribution in [0.1, 0.15) is 24.2 Å². The predicted octanol–water partition coefficient (Wildman–Crippen LogP) is 4.16. The van der Waals surface area contributed by atoms with Gasteiger partial charge in [0.1, 0.15) is 0 Å². The van der Waals surface area contributed by atoms with Crippen LogP contribution in [0.25, 0.3) is 22.3 Å². The monoisotopic (exact) mass is 434 g/mol. The van der Waals surface area contributed by atoms with Gasteiger partial charge < -0.3 is 5.32 Å². The molecule has 0 radical (unpaired) electrons. The van der Waals surface area contributed by atoms with E-state index in [2.05, 4.69) is 10.4 Å². The van der Waals surface area contributed by atoms with Gasteiger partial charge in [0.25, 0.3) is 5.91 Å². The molecule has 0 fully saturated rings. The average molecular weight is 435 g/mol. The number of pyridine rings is 1. The second-order valence-electron chi connectivity index (χ2n) is 7.00. The first-order chi connectivity index (χ1) is 14.9. The molecule has 4 aromatic rings. The molecule has 0 aliphatic rings. The van der Waals surface area contributed by atoms with E-state index in [0.717, 1.165) is 5.56 Å². The maximum Gasteiger partial charge on any atom is 0.256 e. The highest BCUT2D eigenvalue weighted by molar-refractivity contribution is 7.91. The Balaban J connectivity index is 1.73. The minimum atomic E-state index is -3.29. The smallest absolute Gasteiger partial charge is 0.256 e. The molecular formula is C23H22N4O3S. The van der Waals surface area contributed by atoms with Crippen molar-refractivity contribution in [1.29, 1.82) is 0 Å². The molecule has 7 nitrogen and oxygen atoms in total. The number of carbonyl (C=O) groups excluding carboxylic acids is 1. The third kappa shape index (κ3) is 4.06. The van der Waals surface area contributed by atoms with E-state index >= 15 is 0 Å². The van der Waals surface area contributed by atoms with Crippen molar-refractivity contribution in [3.8, 4) is 11.3 Å². The molecule has 2 aromatic heterocycles. The summed E-state index contributed by atoms with van der Waals surface area (Å²) in [7, 11) is -3.29. The normalized spacial score (nSPS) is 11.5. The van der Waals surface area contributed by atoms with Crippen molar-refractivity contribution < 1.29 is 13.2 Å². The number of aromatic nitrogens is 3. The zero-order valence-electron chi connectivity index (χ0n) is 17.2. The van der Waals surface area contributed by atoms with E-state index in [0.29, 0.717) is 34.5 Å². The van der Waals surface area contributed by atoms with Crippen LogP contribution < -0.4 is 5.32 Å². The van der Waals surface area contributed by atoms with Gasteiger partial charge in [0, 0.05) is 17.8 Å². The molecule has 4 rings (SSSR count). The van der Waals surface area contributed by atoms with Gasteiger partial charge in [-0.15, -0.1) is 0 Å². The Hall–Kier alpha value is -3.52. The maximum atomic E-state index is 13.2. The van der Waals surface area contributed by atoms with Crippen molar-refractivity contribution in [1.82, 2.24) is 14.8 Å². The molecule has 0 aliphatic heterocycles. The zero-order valence-corrected chi connectivity index (χ0v) is 18.1. The molecule has 8 heteroatoms. The molecule has 158 valence electrons. The third-order valence-electron chi connectivity index (χ3n) is 5.07. The number of benzene rings is 2. The number of rotatable bonds is 6. The highest BCUT2D eigenvalue weighted by Crippen LogP contribution is 2.26. The molecule has 2 aromatic carbocycles. The number of hydrogen-bond donors (Lipinski definition) is 1. The lowest BCUT2D eigenvalue weighted by Gasteiger charge is -2.10. The Bertz CT molecular complexity index is 1350. The number of nitrogens with one attached hydrogen (secondary N) is 1. The van der Waals surface area contributed by atoms with Crippen LogP contribution in [0.3, 0.4) is 0 Å². The van der Waals surface area contributed by atoms with E-state index in [4.69, 9.17) is 4.98 Å². The fourth-order valence-electron chi connectivity index (χ4n) is 3.33. The highest BCUT2D eigenvalue weighted by atomic mass is 32.2. The van der Waals surface area contributed by atoms with Gasteiger partial charge in [-0.25, -0.2) is 18.1 Å². The highest BCUT2D eigenvalue weighted by Gasteiger charge is 2.18. The van der Waals surface area contributed by atoms with Crippen molar-refractivity contribution in [3.63, 3.8) is 0 Å². The first-order valence-corrected chi connectivity index (χ1v) is 11.6. The van der Waals surface area contributed by atoms with E-state index < -0.39 is 9.84 Å². The minimum absolute atomic E-state index is 0.0252. The van der Waals surface area contributed by atoms with Crippen molar-refractivity contribution in [2.75, 3.05) is 11.1 Å². The topological polar surface area (TPSA) is 94.0 Å². The number of hydrogen-bond acceptors (Lipinski definition) is 5. The number of sulfone groups is 1. The van der Waals surface area contributed by atoms with Crippen LogP contribution in [0.4, 0.5) is 5.69 Å². The Morgan fingerprint density at radius 2 is 1.74 bits per heavy atom. The van der Waals surface area contributed by atoms with Crippen LogP contribution in [0.5, 0.6) is 0 Å². The summed E-state index contributed by atoms with van der Waals surface area (Å²) >= 11 is 0. The first kappa shape index (κ1) is 20.7. The second-order valence-corrected chi connectivity index (χ2v) is 9.28. The Labute approximate surface area is 180 Å². The van der Waals surface area contributed by atoms with Crippen molar-refractivity contribution in [3.05, 3.63) is 72.4 Å². The van der Waals surface area contributed by atoms with Crippen LogP contribution in [0, 0.1) is 0 Å². The number of fused-ring (bicyclic) bond motifs is 1. The fraction of sp³-hybridized carbons (Fsp3) is 0.174. The zero-order chi connectivity index (χ0) is 22.0. The Morgan fingerprint density at radius 1 is 1.03 bits per heavy atom. The van der Waals surface area contributed by atoms with E-state index in [1.54, 1.807) is 36.0 Å². The van der Waals surface area contributed by atoms with Crippen LogP contribution >= 0.6 is 0 Å². The molecule has 0 spiro atoms. The summed E-state index contributed by atoms with van der Waals surface area (Å²) < 4.78 is 25.8. The number of carbonyl (C=O) groups is 1. The lowest BCUT2D eigenvalue weighted by molar-refractivity contribution is 0.102. The molecule has 1 amide bonds. The van der Waals surface area contributed by atoms with Crippen molar-refractivity contribution >= 4 is 32.5 Å². The van der Waals surface area contributed by atoms with Crippen LogP contribution in [0.15, 0.2) is 71.8 Å². The maximum absolute atomic E-state index is 13.2. The summed E-state index contributed by atoms with van der Waals surface area (Å²) in [5.41, 5.74) is 3.18. The molecule has 0 saturated carbocycles. The number of nitrogens with zero attached hydrogens (tertiary/aromatic N) is 3. The summed E-state index contributed by atoms with van der Waals surface area (Å²) in [5.74, 6) is -0.288. The SMILES string of the molecule is CCn1ncc2c(C(=O)Nc3ccc(S(=O)(=O)CC)cc3)cc(-c3ccccc3)nc21. The van der Waals surface area contributed by atoms with E-state index in [1.165, 1.54) is 12.1 Å². The molecule has 31 heavy (non-hydrogen) atoms. The molecular weight excluding hydrogens is 412 g/mol. The molecule has 2 heterocycles. The molecule has 0 atom stereocenters. The van der Waals surface area contributed by atoms with Gasteiger partial charge >= 0.3 is 0 Å². The van der Waals surface area contributed by atoms with E-state index in [1.807, 2.05) is 37.3 Å². The quantitative estimate of drug-likeness (QED) is 0.492. The molecule has 1 N–H and O–H groups in total. The average Bonchev–Trinajstić information content (AvgIpc) is 3.22. The van der Waals surface area contributed by atoms with Crippen LogP contribution in [-0.2, 0) is 16.4 Å². The van der Waals surface area contributed by atoms with Gasteiger partial charge in [-0.3, -0.25) is 4.79 Å². The summed E-state index contributed by atoms with van der Waals surface area (Å²) in [6.45, 7) is 4.19. The minimum Gasteiger partial charge on any atom is -0.322 e. The van der Waals surface area contributed by atoms with E-state index in [-0.39, 0.29) is 16.6 Å². The summed E-state index contributed by atoms with van der Waals surface area (Å²) in [6, 6.07) is 17.6. The fourth-order valence-corrected chi connectivity index (χ4v) is 4.22. The van der Waals surface area contributed by atoms with E-state index in [9.17, 15) is 13.2 Å². The van der Waals surface area contributed by atoms with Crippen LogP contribution in [-0.4, -0.2) is 34.8 Å². The predicted molar refractivity (Wildman–Crippen MR) is 121 cm³/mol. The Kier molecular flexibility index (Phi) is 5.56. The molecule has 0 saturated heterocycles. The molecule has 0 bridgehead atoms. The van der Waals surface area contributed by atoms with Gasteiger partial charge in [0.05, 0.1) is 33.5 Å². The van der Waals surface area contributed by atoms with Crippen molar-refractivity contribution in [2.24, 2.45) is 0 Å². The molecule has 0 aliphatic carbocycles. The number of amides is 1. The van der Waals surface area contributed by atoms with Gasteiger partial charge in [-0.05, 0) is 37.3 Å². The summed E-state index contributed by atoms with van der Waals surface area (Å²) in [5, 5.41) is 7.87. The largest absolute Gasteiger partial charge is 0.322 e. The third-order valence-corrected chi connectivity index (χ3v) is 6.82. The molecule has 0 unspecified atom stereocenters. The standard InChI is InChI=1S/C23H22N4O3S/c1-3-27-22-20(15-24-27)19(14-21(26-22)16-8-6-5-7-9-16)23(28)25-17-10-12-18(13-11-17)31(29,30)4-2/h5-15H,3-4H2,1-2H3,(H,25,28). The second kappa shape index (κ2) is 8.31. The Morgan fingerprint density at radius 3 is 2.39 bits per heavy atom. The van der Waals surface area contributed by atoms with Gasteiger partial charge in [-0.2, -0.15) is 5.10 Å². The first-order valence-electron chi connectivity index (χ1n) is 9.99.